The smallest absolute Gasteiger partial charge is 0.244 e. The maximum atomic E-state index is 13.0. The van der Waals surface area contributed by atoms with Crippen molar-refractivity contribution in [2.24, 2.45) is 17.8 Å². The zero-order valence-corrected chi connectivity index (χ0v) is 12.3. The van der Waals surface area contributed by atoms with Gasteiger partial charge in [-0.3, -0.25) is 10.1 Å². The van der Waals surface area contributed by atoms with E-state index in [1.165, 1.54) is 51.4 Å². The van der Waals surface area contributed by atoms with Crippen LogP contribution in [0, 0.1) is 17.8 Å². The number of carbonyl (C=O) groups excluding carboxylic acids is 1. The van der Waals surface area contributed by atoms with Crippen LogP contribution in [0.5, 0.6) is 0 Å². The van der Waals surface area contributed by atoms with E-state index in [-0.39, 0.29) is 5.54 Å². The first kappa shape index (κ1) is 12.0. The summed E-state index contributed by atoms with van der Waals surface area (Å²) in [5, 5.41) is 3.81. The lowest BCUT2D eigenvalue weighted by Gasteiger charge is -2.36. The second-order valence-electron chi connectivity index (χ2n) is 8.09. The Hall–Kier alpha value is -0.570. The molecule has 1 saturated heterocycles. The topological polar surface area (TPSA) is 32.3 Å². The summed E-state index contributed by atoms with van der Waals surface area (Å²) < 4.78 is 0. The van der Waals surface area contributed by atoms with Crippen LogP contribution in [-0.4, -0.2) is 28.6 Å². The number of nitrogens with zero attached hydrogens (tertiary/aromatic N) is 1. The van der Waals surface area contributed by atoms with Crippen molar-refractivity contribution in [2.75, 3.05) is 0 Å². The molecule has 1 amide bonds. The molecule has 0 aromatic rings. The number of carbonyl (C=O) groups is 1. The van der Waals surface area contributed by atoms with Gasteiger partial charge in [-0.15, -0.1) is 0 Å². The van der Waals surface area contributed by atoms with Crippen molar-refractivity contribution < 1.29 is 4.79 Å². The standard InChI is InChI=1S/C17H26N2O/c20-16-17(9-10-17)18-15(13-3-1-2-4-13)19(16)14(11-5-6-11)12-7-8-12/h11-15,18H,1-10H2. The van der Waals surface area contributed by atoms with E-state index in [2.05, 4.69) is 10.2 Å². The van der Waals surface area contributed by atoms with E-state index in [1.54, 1.807) is 0 Å². The van der Waals surface area contributed by atoms with Gasteiger partial charge in [-0.2, -0.15) is 0 Å². The molecule has 20 heavy (non-hydrogen) atoms. The zero-order valence-electron chi connectivity index (χ0n) is 12.3. The minimum atomic E-state index is -0.102. The number of hydrogen-bond acceptors (Lipinski definition) is 2. The Morgan fingerprint density at radius 2 is 1.60 bits per heavy atom. The van der Waals surface area contributed by atoms with Crippen LogP contribution < -0.4 is 5.32 Å². The fraction of sp³-hybridized carbons (Fsp3) is 0.941. The van der Waals surface area contributed by atoms with Crippen molar-refractivity contribution in [1.82, 2.24) is 10.2 Å². The number of amides is 1. The lowest BCUT2D eigenvalue weighted by Crippen LogP contribution is -2.50. The highest BCUT2D eigenvalue weighted by atomic mass is 16.2. The molecule has 0 bridgehead atoms. The molecule has 4 aliphatic carbocycles. The van der Waals surface area contributed by atoms with Gasteiger partial charge in [0.25, 0.3) is 0 Å². The molecule has 3 nitrogen and oxygen atoms in total. The molecule has 0 radical (unpaired) electrons. The van der Waals surface area contributed by atoms with Crippen LogP contribution in [-0.2, 0) is 4.79 Å². The Kier molecular flexibility index (Phi) is 2.40. The van der Waals surface area contributed by atoms with E-state index < -0.39 is 0 Å². The molecule has 1 spiro atoms. The van der Waals surface area contributed by atoms with Crippen LogP contribution in [0.2, 0.25) is 0 Å². The van der Waals surface area contributed by atoms with E-state index in [4.69, 9.17) is 0 Å². The summed E-state index contributed by atoms with van der Waals surface area (Å²) in [6.45, 7) is 0. The minimum Gasteiger partial charge on any atom is -0.322 e. The molecule has 5 fully saturated rings. The molecular formula is C17H26N2O. The Morgan fingerprint density at radius 3 is 2.10 bits per heavy atom. The number of nitrogens with one attached hydrogen (secondary N) is 1. The Morgan fingerprint density at radius 1 is 1.00 bits per heavy atom. The maximum absolute atomic E-state index is 13.0. The third-order valence-electron chi connectivity index (χ3n) is 6.50. The highest BCUT2D eigenvalue weighted by molar-refractivity contribution is 5.92. The van der Waals surface area contributed by atoms with Crippen LogP contribution in [0.4, 0.5) is 0 Å². The predicted molar refractivity (Wildman–Crippen MR) is 76.9 cm³/mol. The summed E-state index contributed by atoms with van der Waals surface area (Å²) in [5.74, 6) is 2.90. The molecule has 1 heterocycles. The summed E-state index contributed by atoms with van der Waals surface area (Å²) in [5.41, 5.74) is -0.102. The molecule has 1 N–H and O–H groups in total. The first-order valence-corrected chi connectivity index (χ1v) is 8.89. The van der Waals surface area contributed by atoms with Gasteiger partial charge >= 0.3 is 0 Å². The lowest BCUT2D eigenvalue weighted by atomic mass is 9.99. The van der Waals surface area contributed by atoms with E-state index in [1.807, 2.05) is 0 Å². The van der Waals surface area contributed by atoms with E-state index in [9.17, 15) is 4.79 Å². The van der Waals surface area contributed by atoms with Crippen LogP contribution >= 0.6 is 0 Å². The Labute approximate surface area is 121 Å². The highest BCUT2D eigenvalue weighted by Gasteiger charge is 2.63. The predicted octanol–water partition coefficient (Wildman–Crippen LogP) is 2.66. The number of hydrogen-bond donors (Lipinski definition) is 1. The van der Waals surface area contributed by atoms with Gasteiger partial charge in [0.1, 0.15) is 0 Å². The average Bonchev–Trinajstić information content (AvgIpc) is 3.31. The fourth-order valence-electron chi connectivity index (χ4n) is 4.92. The molecular weight excluding hydrogens is 248 g/mol. The molecule has 1 atom stereocenters. The van der Waals surface area contributed by atoms with E-state index >= 15 is 0 Å². The summed E-state index contributed by atoms with van der Waals surface area (Å²) in [7, 11) is 0. The van der Waals surface area contributed by atoms with E-state index in [0.29, 0.717) is 18.1 Å². The molecule has 5 rings (SSSR count). The molecule has 4 saturated carbocycles. The first-order chi connectivity index (χ1) is 9.78. The van der Waals surface area contributed by atoms with Gasteiger partial charge < -0.3 is 4.90 Å². The molecule has 3 heteroatoms. The van der Waals surface area contributed by atoms with Gasteiger partial charge in [-0.05, 0) is 69.1 Å². The second kappa shape index (κ2) is 4.00. The zero-order chi connectivity index (χ0) is 13.3. The van der Waals surface area contributed by atoms with Gasteiger partial charge in [-0.25, -0.2) is 0 Å². The second-order valence-corrected chi connectivity index (χ2v) is 8.09. The summed E-state index contributed by atoms with van der Waals surface area (Å²) in [6.07, 6.45) is 13.5. The summed E-state index contributed by atoms with van der Waals surface area (Å²) >= 11 is 0. The van der Waals surface area contributed by atoms with Gasteiger partial charge in [0.05, 0.1) is 11.7 Å². The Bertz CT molecular complexity index is 418. The SMILES string of the molecule is O=C1N(C(C2CC2)C2CC2)C(C2CCCC2)NC12CC2. The van der Waals surface area contributed by atoms with Crippen LogP contribution in [0.25, 0.3) is 0 Å². The molecule has 1 aliphatic heterocycles. The normalized spacial score (nSPS) is 36.5. The first-order valence-electron chi connectivity index (χ1n) is 8.89. The van der Waals surface area contributed by atoms with E-state index in [0.717, 1.165) is 30.6 Å². The molecule has 0 aromatic carbocycles. The molecule has 1 unspecified atom stereocenters. The summed E-state index contributed by atoms with van der Waals surface area (Å²) in [4.78, 5) is 15.4. The molecule has 0 aromatic heterocycles. The third kappa shape index (κ3) is 1.71. The van der Waals surface area contributed by atoms with Gasteiger partial charge in [-0.1, -0.05) is 12.8 Å². The molecule has 110 valence electrons. The van der Waals surface area contributed by atoms with Crippen molar-refractivity contribution in [3.05, 3.63) is 0 Å². The molecule has 5 aliphatic rings. The summed E-state index contributed by atoms with van der Waals surface area (Å²) in [6, 6.07) is 0.598. The monoisotopic (exact) mass is 274 g/mol. The van der Waals surface area contributed by atoms with Crippen molar-refractivity contribution >= 4 is 5.91 Å². The van der Waals surface area contributed by atoms with Crippen molar-refractivity contribution in [2.45, 2.75) is 82.0 Å². The number of rotatable bonds is 4. The quantitative estimate of drug-likeness (QED) is 0.855. The van der Waals surface area contributed by atoms with Crippen LogP contribution in [0.15, 0.2) is 0 Å². The van der Waals surface area contributed by atoms with Gasteiger partial charge in [0, 0.05) is 6.04 Å². The lowest BCUT2D eigenvalue weighted by molar-refractivity contribution is -0.134. The van der Waals surface area contributed by atoms with Crippen molar-refractivity contribution in [3.63, 3.8) is 0 Å². The van der Waals surface area contributed by atoms with Crippen molar-refractivity contribution in [1.29, 1.82) is 0 Å². The van der Waals surface area contributed by atoms with Crippen molar-refractivity contribution in [3.8, 4) is 0 Å². The average molecular weight is 274 g/mol. The van der Waals surface area contributed by atoms with Gasteiger partial charge in [0.2, 0.25) is 5.91 Å². The minimum absolute atomic E-state index is 0.102. The van der Waals surface area contributed by atoms with Crippen LogP contribution in [0.3, 0.4) is 0 Å². The Balaban J connectivity index is 1.47. The van der Waals surface area contributed by atoms with Crippen LogP contribution in [0.1, 0.15) is 64.2 Å². The largest absolute Gasteiger partial charge is 0.322 e. The maximum Gasteiger partial charge on any atom is 0.244 e. The highest BCUT2D eigenvalue weighted by Crippen LogP contribution is 2.53. The fourth-order valence-corrected chi connectivity index (χ4v) is 4.92. The third-order valence-corrected chi connectivity index (χ3v) is 6.50. The van der Waals surface area contributed by atoms with Gasteiger partial charge in [0.15, 0.2) is 0 Å².